The third-order valence-electron chi connectivity index (χ3n) is 3.58. The van der Waals surface area contributed by atoms with Crippen LogP contribution in [0.3, 0.4) is 0 Å². The van der Waals surface area contributed by atoms with Gasteiger partial charge in [-0.3, -0.25) is 4.90 Å². The SMILES string of the molecule is C/C=C/CN1CCNC2CCCCC21. The van der Waals surface area contributed by atoms with Gasteiger partial charge in [-0.1, -0.05) is 25.0 Å². The minimum absolute atomic E-state index is 0.780. The number of nitrogens with zero attached hydrogens (tertiary/aromatic N) is 1. The second kappa shape index (κ2) is 4.94. The van der Waals surface area contributed by atoms with Crippen molar-refractivity contribution in [2.75, 3.05) is 19.6 Å². The minimum Gasteiger partial charge on any atom is -0.311 e. The zero-order chi connectivity index (χ0) is 9.80. The largest absolute Gasteiger partial charge is 0.311 e. The van der Waals surface area contributed by atoms with Crippen LogP contribution in [0.15, 0.2) is 12.2 Å². The Balaban J connectivity index is 1.94. The van der Waals surface area contributed by atoms with E-state index < -0.39 is 0 Å². The van der Waals surface area contributed by atoms with Crippen LogP contribution in [0.4, 0.5) is 0 Å². The first-order chi connectivity index (χ1) is 6.92. The van der Waals surface area contributed by atoms with Gasteiger partial charge in [-0.15, -0.1) is 0 Å². The maximum atomic E-state index is 3.66. The molecule has 1 N–H and O–H groups in total. The molecule has 1 heterocycles. The fourth-order valence-corrected chi connectivity index (χ4v) is 2.81. The molecule has 1 saturated heterocycles. The number of nitrogens with one attached hydrogen (secondary N) is 1. The van der Waals surface area contributed by atoms with E-state index in [9.17, 15) is 0 Å². The van der Waals surface area contributed by atoms with E-state index in [1.54, 1.807) is 0 Å². The highest BCUT2D eigenvalue weighted by Gasteiger charge is 2.31. The molecule has 2 aliphatic rings. The molecule has 2 atom stereocenters. The van der Waals surface area contributed by atoms with E-state index in [0.29, 0.717) is 0 Å². The third-order valence-corrected chi connectivity index (χ3v) is 3.58. The highest BCUT2D eigenvalue weighted by atomic mass is 15.2. The number of fused-ring (bicyclic) bond motifs is 1. The van der Waals surface area contributed by atoms with Gasteiger partial charge in [0.05, 0.1) is 0 Å². The third kappa shape index (κ3) is 2.18. The van der Waals surface area contributed by atoms with Crippen molar-refractivity contribution in [3.8, 4) is 0 Å². The molecule has 1 aliphatic carbocycles. The van der Waals surface area contributed by atoms with E-state index in [2.05, 4.69) is 29.3 Å². The summed E-state index contributed by atoms with van der Waals surface area (Å²) in [5.41, 5.74) is 0. The zero-order valence-corrected chi connectivity index (χ0v) is 9.21. The van der Waals surface area contributed by atoms with Gasteiger partial charge < -0.3 is 5.32 Å². The molecule has 80 valence electrons. The lowest BCUT2D eigenvalue weighted by Gasteiger charge is -2.44. The van der Waals surface area contributed by atoms with E-state index >= 15 is 0 Å². The normalized spacial score (nSPS) is 34.6. The molecule has 2 nitrogen and oxygen atoms in total. The van der Waals surface area contributed by atoms with Gasteiger partial charge in [-0.2, -0.15) is 0 Å². The van der Waals surface area contributed by atoms with Crippen LogP contribution in [0, 0.1) is 0 Å². The summed E-state index contributed by atoms with van der Waals surface area (Å²) >= 11 is 0. The summed E-state index contributed by atoms with van der Waals surface area (Å²) in [6.45, 7) is 5.67. The van der Waals surface area contributed by atoms with Gasteiger partial charge >= 0.3 is 0 Å². The molecule has 0 bridgehead atoms. The van der Waals surface area contributed by atoms with Gasteiger partial charge in [0.2, 0.25) is 0 Å². The van der Waals surface area contributed by atoms with Crippen LogP contribution in [0.25, 0.3) is 0 Å². The van der Waals surface area contributed by atoms with Gasteiger partial charge in [0.25, 0.3) is 0 Å². The number of allylic oxidation sites excluding steroid dienone is 1. The molecular weight excluding hydrogens is 172 g/mol. The first-order valence-electron chi connectivity index (χ1n) is 6.00. The second-order valence-corrected chi connectivity index (χ2v) is 4.48. The van der Waals surface area contributed by atoms with Crippen LogP contribution in [0.1, 0.15) is 32.6 Å². The lowest BCUT2D eigenvalue weighted by atomic mass is 9.87. The average Bonchev–Trinajstić information content (AvgIpc) is 2.26. The Hall–Kier alpha value is -0.340. The van der Waals surface area contributed by atoms with Crippen molar-refractivity contribution in [3.05, 3.63) is 12.2 Å². The van der Waals surface area contributed by atoms with Crippen LogP contribution < -0.4 is 5.32 Å². The topological polar surface area (TPSA) is 15.3 Å². The summed E-state index contributed by atoms with van der Waals surface area (Å²) in [6.07, 6.45) is 10.1. The summed E-state index contributed by atoms with van der Waals surface area (Å²) in [7, 11) is 0. The average molecular weight is 194 g/mol. The van der Waals surface area contributed by atoms with E-state index in [1.807, 2.05) is 0 Å². The second-order valence-electron chi connectivity index (χ2n) is 4.48. The predicted octanol–water partition coefficient (Wildman–Crippen LogP) is 1.78. The van der Waals surface area contributed by atoms with Crippen LogP contribution in [0.5, 0.6) is 0 Å². The number of rotatable bonds is 2. The van der Waals surface area contributed by atoms with Crippen LogP contribution in [-0.4, -0.2) is 36.6 Å². The Morgan fingerprint density at radius 2 is 2.21 bits per heavy atom. The van der Waals surface area contributed by atoms with Crippen LogP contribution in [0.2, 0.25) is 0 Å². The lowest BCUT2D eigenvalue weighted by Crippen LogP contribution is -2.58. The number of hydrogen-bond acceptors (Lipinski definition) is 2. The fourth-order valence-electron chi connectivity index (χ4n) is 2.81. The Bertz CT molecular complexity index is 198. The first kappa shape index (κ1) is 10.2. The number of hydrogen-bond donors (Lipinski definition) is 1. The Morgan fingerprint density at radius 1 is 1.36 bits per heavy atom. The molecule has 0 aromatic carbocycles. The first-order valence-corrected chi connectivity index (χ1v) is 6.00. The summed E-state index contributed by atoms with van der Waals surface area (Å²) < 4.78 is 0. The van der Waals surface area contributed by atoms with Crippen molar-refractivity contribution in [1.29, 1.82) is 0 Å². The molecule has 0 spiro atoms. The van der Waals surface area contributed by atoms with Crippen LogP contribution in [-0.2, 0) is 0 Å². The van der Waals surface area contributed by atoms with E-state index in [1.165, 1.54) is 38.8 Å². The molecule has 0 aromatic rings. The zero-order valence-electron chi connectivity index (χ0n) is 9.21. The molecule has 1 aliphatic heterocycles. The molecule has 2 unspecified atom stereocenters. The molecule has 2 heteroatoms. The minimum atomic E-state index is 0.780. The summed E-state index contributed by atoms with van der Waals surface area (Å²) in [4.78, 5) is 2.65. The Labute approximate surface area is 87.4 Å². The van der Waals surface area contributed by atoms with Crippen LogP contribution >= 0.6 is 0 Å². The highest BCUT2D eigenvalue weighted by molar-refractivity contribution is 4.95. The quantitative estimate of drug-likeness (QED) is 0.674. The van der Waals surface area contributed by atoms with Crippen molar-refractivity contribution >= 4 is 0 Å². The van der Waals surface area contributed by atoms with Crippen molar-refractivity contribution in [1.82, 2.24) is 10.2 Å². The van der Waals surface area contributed by atoms with Gasteiger partial charge in [-0.25, -0.2) is 0 Å². The van der Waals surface area contributed by atoms with Crippen molar-refractivity contribution < 1.29 is 0 Å². The monoisotopic (exact) mass is 194 g/mol. The van der Waals surface area contributed by atoms with E-state index in [0.717, 1.165) is 18.6 Å². The van der Waals surface area contributed by atoms with Crippen molar-refractivity contribution in [3.63, 3.8) is 0 Å². The van der Waals surface area contributed by atoms with Crippen molar-refractivity contribution in [2.24, 2.45) is 0 Å². The predicted molar refractivity (Wildman–Crippen MR) is 60.4 cm³/mol. The molecule has 14 heavy (non-hydrogen) atoms. The summed E-state index contributed by atoms with van der Waals surface area (Å²) in [6, 6.07) is 1.59. The van der Waals surface area contributed by atoms with E-state index in [4.69, 9.17) is 0 Å². The number of piperazine rings is 1. The maximum Gasteiger partial charge on any atom is 0.0253 e. The Morgan fingerprint density at radius 3 is 3.07 bits per heavy atom. The highest BCUT2D eigenvalue weighted by Crippen LogP contribution is 2.25. The van der Waals surface area contributed by atoms with Gasteiger partial charge in [0.15, 0.2) is 0 Å². The summed E-state index contributed by atoms with van der Waals surface area (Å²) in [5.74, 6) is 0. The molecule has 0 radical (unpaired) electrons. The fraction of sp³-hybridized carbons (Fsp3) is 0.833. The molecule has 0 aromatic heterocycles. The molecule has 1 saturated carbocycles. The molecule has 2 fully saturated rings. The lowest BCUT2D eigenvalue weighted by molar-refractivity contribution is 0.0995. The Kier molecular flexibility index (Phi) is 3.60. The summed E-state index contributed by atoms with van der Waals surface area (Å²) in [5, 5.41) is 3.66. The molecule has 2 rings (SSSR count). The smallest absolute Gasteiger partial charge is 0.0253 e. The molecular formula is C12H22N2. The maximum absolute atomic E-state index is 3.66. The van der Waals surface area contributed by atoms with Gasteiger partial charge in [0, 0.05) is 31.7 Å². The van der Waals surface area contributed by atoms with Crippen molar-refractivity contribution in [2.45, 2.75) is 44.7 Å². The van der Waals surface area contributed by atoms with Gasteiger partial charge in [0.1, 0.15) is 0 Å². The molecule has 0 amide bonds. The van der Waals surface area contributed by atoms with Gasteiger partial charge in [-0.05, 0) is 19.8 Å². The standard InChI is InChI=1S/C12H22N2/c1-2-3-9-14-10-8-13-11-6-4-5-7-12(11)14/h2-3,11-13H,4-10H2,1H3/b3-2+. The van der Waals surface area contributed by atoms with E-state index in [-0.39, 0.29) is 0 Å².